The number of carbonyl (C=O) groups is 1. The van der Waals surface area contributed by atoms with Crippen LogP contribution >= 0.6 is 0 Å². The largest absolute Gasteiger partial charge is 0.465 e. The lowest BCUT2D eigenvalue weighted by Gasteiger charge is -2.28. The molecule has 1 aliphatic rings. The van der Waals surface area contributed by atoms with Crippen molar-refractivity contribution in [3.05, 3.63) is 87.5 Å². The third kappa shape index (κ3) is 5.75. The van der Waals surface area contributed by atoms with E-state index in [9.17, 15) is 4.79 Å². The molecule has 3 aromatic carbocycles. The molecule has 1 heterocycles. The molecule has 0 radical (unpaired) electrons. The summed E-state index contributed by atoms with van der Waals surface area (Å²) in [7, 11) is 0. The Bertz CT molecular complexity index is 1270. The Kier molecular flexibility index (Phi) is 7.80. The molecule has 3 aromatic rings. The second-order valence-corrected chi connectivity index (χ2v) is 11.3. The first-order valence-electron chi connectivity index (χ1n) is 13.3. The molecular formula is C33H41NO3. The fourth-order valence-corrected chi connectivity index (χ4v) is 5.33. The molecule has 1 unspecified atom stereocenters. The molecule has 0 saturated carbocycles. The van der Waals surface area contributed by atoms with Crippen LogP contribution in [0.2, 0.25) is 0 Å². The number of carbonyl (C=O) groups excluding carboxylic acids is 1. The number of esters is 1. The molecule has 1 aliphatic heterocycles. The Balaban J connectivity index is 1.90. The maximum absolute atomic E-state index is 13.5. The molecule has 4 rings (SSSR count). The number of hydrogen-bond donors (Lipinski definition) is 0. The van der Waals surface area contributed by atoms with Crippen molar-refractivity contribution < 1.29 is 14.3 Å². The van der Waals surface area contributed by atoms with Crippen molar-refractivity contribution in [3.63, 3.8) is 0 Å². The predicted molar refractivity (Wildman–Crippen MR) is 152 cm³/mol. The molecule has 4 heteroatoms. The molecule has 0 amide bonds. The number of hydrogen-bond acceptors (Lipinski definition) is 4. The van der Waals surface area contributed by atoms with E-state index in [-0.39, 0.29) is 18.2 Å². The molecule has 0 bridgehead atoms. The number of nitrogens with zero attached hydrogens (tertiary/aromatic N) is 1. The summed E-state index contributed by atoms with van der Waals surface area (Å²) in [6, 6.07) is 17.4. The number of anilines is 1. The molecule has 0 aliphatic carbocycles. The van der Waals surface area contributed by atoms with Crippen molar-refractivity contribution >= 4 is 11.7 Å². The van der Waals surface area contributed by atoms with E-state index in [1.807, 2.05) is 27.7 Å². The number of rotatable bonds is 7. The lowest BCUT2D eigenvalue weighted by atomic mass is 9.80. The van der Waals surface area contributed by atoms with Gasteiger partial charge in [-0.2, -0.15) is 0 Å². The van der Waals surface area contributed by atoms with Crippen LogP contribution in [-0.2, 0) is 27.4 Å². The number of ether oxygens (including phenoxy) is 2. The van der Waals surface area contributed by atoms with E-state index in [0.29, 0.717) is 6.61 Å². The van der Waals surface area contributed by atoms with Gasteiger partial charge in [0.25, 0.3) is 0 Å². The maximum Gasteiger partial charge on any atom is 0.315 e. The van der Waals surface area contributed by atoms with Gasteiger partial charge in [0.05, 0.1) is 18.8 Å². The number of fused-ring (bicyclic) bond motifs is 1. The third-order valence-corrected chi connectivity index (χ3v) is 7.36. The zero-order chi connectivity index (χ0) is 26.9. The minimum absolute atomic E-state index is 0.226. The fourth-order valence-electron chi connectivity index (χ4n) is 5.33. The Morgan fingerprint density at radius 2 is 1.41 bits per heavy atom. The minimum atomic E-state index is -0.507. The number of aryl methyl sites for hydroxylation is 2. The summed E-state index contributed by atoms with van der Waals surface area (Å²) in [6.45, 7) is 18.8. The summed E-state index contributed by atoms with van der Waals surface area (Å²) in [5.74, 6) is -0.733. The van der Waals surface area contributed by atoms with Gasteiger partial charge in [-0.1, -0.05) is 47.5 Å². The van der Waals surface area contributed by atoms with E-state index in [1.54, 1.807) is 0 Å². The highest BCUT2D eigenvalue weighted by Crippen LogP contribution is 2.44. The maximum atomic E-state index is 13.5. The van der Waals surface area contributed by atoms with Crippen LogP contribution in [0.25, 0.3) is 11.1 Å². The Labute approximate surface area is 222 Å². The Morgan fingerprint density at radius 3 is 1.95 bits per heavy atom. The highest BCUT2D eigenvalue weighted by Gasteiger charge is 2.34. The van der Waals surface area contributed by atoms with E-state index >= 15 is 0 Å². The molecule has 0 N–H and O–H groups in total. The molecule has 0 fully saturated rings. The summed E-state index contributed by atoms with van der Waals surface area (Å²) in [6.07, 6.45) is 0. The van der Waals surface area contributed by atoms with E-state index in [1.165, 1.54) is 39.1 Å². The van der Waals surface area contributed by atoms with E-state index in [4.69, 9.17) is 9.47 Å². The van der Waals surface area contributed by atoms with Gasteiger partial charge in [0, 0.05) is 18.8 Å². The van der Waals surface area contributed by atoms with Crippen LogP contribution in [-0.4, -0.2) is 24.8 Å². The summed E-state index contributed by atoms with van der Waals surface area (Å²) in [5.41, 5.74) is 11.7. The smallest absolute Gasteiger partial charge is 0.315 e. The van der Waals surface area contributed by atoms with Crippen molar-refractivity contribution in [1.82, 2.24) is 0 Å². The SMILES string of the molecule is CCOC(=O)C(COC(C)(C)C)c1c(C)c2c(c(C)c1-c1ccc(C)cc1)CN(c1ccc(C)cc1)C2. The van der Waals surface area contributed by atoms with Crippen LogP contribution in [0, 0.1) is 27.7 Å². The third-order valence-electron chi connectivity index (χ3n) is 7.36. The van der Waals surface area contributed by atoms with Gasteiger partial charge in [0.15, 0.2) is 0 Å². The van der Waals surface area contributed by atoms with Crippen molar-refractivity contribution in [3.8, 4) is 11.1 Å². The van der Waals surface area contributed by atoms with Crippen LogP contribution in [0.3, 0.4) is 0 Å². The summed E-state index contributed by atoms with van der Waals surface area (Å²) >= 11 is 0. The normalized spacial score (nSPS) is 14.0. The molecule has 4 nitrogen and oxygen atoms in total. The van der Waals surface area contributed by atoms with Crippen molar-refractivity contribution in [2.75, 3.05) is 18.1 Å². The van der Waals surface area contributed by atoms with Gasteiger partial charge >= 0.3 is 5.97 Å². The van der Waals surface area contributed by atoms with Gasteiger partial charge in [-0.25, -0.2) is 0 Å². The molecule has 0 saturated heterocycles. The van der Waals surface area contributed by atoms with Crippen LogP contribution in [0.5, 0.6) is 0 Å². The fraction of sp³-hybridized carbons (Fsp3) is 0.424. The van der Waals surface area contributed by atoms with E-state index in [0.717, 1.165) is 29.8 Å². The van der Waals surface area contributed by atoms with Gasteiger partial charge in [0.2, 0.25) is 0 Å². The van der Waals surface area contributed by atoms with Crippen molar-refractivity contribution in [2.45, 2.75) is 80.0 Å². The summed E-state index contributed by atoms with van der Waals surface area (Å²) in [5, 5.41) is 0. The van der Waals surface area contributed by atoms with E-state index in [2.05, 4.69) is 81.1 Å². The zero-order valence-corrected chi connectivity index (χ0v) is 23.7. The lowest BCUT2D eigenvalue weighted by Crippen LogP contribution is -2.29. The van der Waals surface area contributed by atoms with Crippen LogP contribution in [0.1, 0.15) is 72.6 Å². The van der Waals surface area contributed by atoms with Crippen LogP contribution < -0.4 is 4.90 Å². The first-order valence-corrected chi connectivity index (χ1v) is 13.3. The second-order valence-electron chi connectivity index (χ2n) is 11.3. The van der Waals surface area contributed by atoms with Crippen molar-refractivity contribution in [1.29, 1.82) is 0 Å². The molecular weight excluding hydrogens is 458 g/mol. The quantitative estimate of drug-likeness (QED) is 0.314. The second kappa shape index (κ2) is 10.7. The van der Waals surface area contributed by atoms with Gasteiger partial charge < -0.3 is 14.4 Å². The first-order chi connectivity index (χ1) is 17.5. The van der Waals surface area contributed by atoms with Gasteiger partial charge in [-0.05, 0) is 106 Å². The van der Waals surface area contributed by atoms with Crippen LogP contribution in [0.15, 0.2) is 48.5 Å². The average Bonchev–Trinajstić information content (AvgIpc) is 3.29. The standard InChI is InChI=1S/C33H41NO3/c1-9-36-32(35)29(20-37-33(6,7)8)31-24(5)28-19-34(26-16-12-22(3)13-17-26)18-27(28)23(4)30(31)25-14-10-21(2)11-15-25/h10-17,29H,9,18-20H2,1-8H3. The zero-order valence-electron chi connectivity index (χ0n) is 23.7. The Morgan fingerprint density at radius 1 is 0.865 bits per heavy atom. The number of benzene rings is 3. The molecule has 37 heavy (non-hydrogen) atoms. The van der Waals surface area contributed by atoms with Crippen molar-refractivity contribution in [2.24, 2.45) is 0 Å². The van der Waals surface area contributed by atoms with Gasteiger partial charge in [-0.3, -0.25) is 4.79 Å². The minimum Gasteiger partial charge on any atom is -0.465 e. The van der Waals surface area contributed by atoms with E-state index < -0.39 is 5.92 Å². The summed E-state index contributed by atoms with van der Waals surface area (Å²) in [4.78, 5) is 15.9. The topological polar surface area (TPSA) is 38.8 Å². The molecule has 1 atom stereocenters. The first kappa shape index (κ1) is 26.9. The average molecular weight is 500 g/mol. The molecule has 196 valence electrons. The van der Waals surface area contributed by atoms with Gasteiger partial charge in [-0.15, -0.1) is 0 Å². The molecule has 0 spiro atoms. The lowest BCUT2D eigenvalue weighted by molar-refractivity contribution is -0.148. The summed E-state index contributed by atoms with van der Waals surface area (Å²) < 4.78 is 11.8. The monoisotopic (exact) mass is 499 g/mol. The van der Waals surface area contributed by atoms with Gasteiger partial charge in [0.1, 0.15) is 5.92 Å². The molecule has 0 aromatic heterocycles. The Hall–Kier alpha value is -3.11. The van der Waals surface area contributed by atoms with Crippen LogP contribution in [0.4, 0.5) is 5.69 Å². The highest BCUT2D eigenvalue weighted by molar-refractivity contribution is 5.86. The predicted octanol–water partition coefficient (Wildman–Crippen LogP) is 7.57. The highest BCUT2D eigenvalue weighted by atomic mass is 16.5.